The highest BCUT2D eigenvalue weighted by atomic mass is 19.2. The normalized spacial score (nSPS) is 12.1. The molecule has 0 atom stereocenters. The van der Waals surface area contributed by atoms with E-state index in [0.29, 0.717) is 0 Å². The number of fused-ring (bicyclic) bond motifs is 5. The predicted molar refractivity (Wildman–Crippen MR) is 150 cm³/mol. The van der Waals surface area contributed by atoms with Crippen molar-refractivity contribution in [3.8, 4) is 28.4 Å². The number of rotatable bonds is 6. The molecule has 0 spiro atoms. The van der Waals surface area contributed by atoms with Crippen LogP contribution in [0.5, 0.6) is 17.2 Å². The lowest BCUT2D eigenvalue weighted by Gasteiger charge is -2.21. The number of benzene rings is 6. The van der Waals surface area contributed by atoms with Crippen molar-refractivity contribution in [3.05, 3.63) is 135 Å². The number of hydrogen-bond acceptors (Lipinski definition) is 3. The van der Waals surface area contributed by atoms with Gasteiger partial charge in [-0.05, 0) is 23.8 Å². The highest BCUT2D eigenvalue weighted by Gasteiger charge is 2.43. The molecule has 0 aliphatic heterocycles. The van der Waals surface area contributed by atoms with Gasteiger partial charge in [-0.25, -0.2) is 57.1 Å². The molecule has 0 fully saturated rings. The molecule has 272 valence electrons. The second kappa shape index (κ2) is 12.4. The van der Waals surface area contributed by atoms with E-state index in [-0.39, 0.29) is 17.7 Å². The summed E-state index contributed by atoms with van der Waals surface area (Å²) in [4.78, 5) is 0. The predicted octanol–water partition coefficient (Wildman–Crippen LogP) is 10.3. The van der Waals surface area contributed by atoms with Crippen molar-refractivity contribution < 1.29 is 84.2 Å². The van der Waals surface area contributed by atoms with Gasteiger partial charge >= 0.3 is 7.32 Å². The molecule has 0 heterocycles. The third-order valence-corrected chi connectivity index (χ3v) is 8.17. The molecule has 0 bridgehead atoms. The molecule has 0 aromatic heterocycles. The van der Waals surface area contributed by atoms with E-state index in [9.17, 15) is 43.9 Å². The molecular formula is C33H7BF16O3. The summed E-state index contributed by atoms with van der Waals surface area (Å²) in [5.41, 5.74) is -2.61. The minimum Gasteiger partial charge on any atom is -0.486 e. The summed E-state index contributed by atoms with van der Waals surface area (Å²) in [5.74, 6) is -44.2. The van der Waals surface area contributed by atoms with E-state index in [1.54, 1.807) is 0 Å². The molecule has 53 heavy (non-hydrogen) atoms. The van der Waals surface area contributed by atoms with Gasteiger partial charge in [0.15, 0.2) is 69.7 Å². The number of hydrogen-bond donors (Lipinski definition) is 0. The fourth-order valence-electron chi connectivity index (χ4n) is 5.86. The van der Waals surface area contributed by atoms with E-state index in [4.69, 9.17) is 14.0 Å². The van der Waals surface area contributed by atoms with Gasteiger partial charge in [-0.2, -0.15) is 13.2 Å². The Morgan fingerprint density at radius 1 is 0.358 bits per heavy atom. The first kappa shape index (κ1) is 35.6. The molecule has 1 aliphatic carbocycles. The molecule has 0 radical (unpaired) electrons. The van der Waals surface area contributed by atoms with Gasteiger partial charge in [-0.3, -0.25) is 0 Å². The van der Waals surface area contributed by atoms with Crippen molar-refractivity contribution in [2.45, 2.75) is 6.42 Å². The van der Waals surface area contributed by atoms with E-state index in [0.717, 1.165) is 18.2 Å². The van der Waals surface area contributed by atoms with Crippen LogP contribution in [0, 0.1) is 93.1 Å². The zero-order valence-electron chi connectivity index (χ0n) is 24.9. The molecule has 6 aromatic rings. The average molecular weight is 766 g/mol. The third kappa shape index (κ3) is 5.08. The molecule has 0 amide bonds. The largest absolute Gasteiger partial charge is 0.864 e. The van der Waals surface area contributed by atoms with Crippen LogP contribution in [0.15, 0.2) is 30.3 Å². The van der Waals surface area contributed by atoms with Crippen LogP contribution in [-0.4, -0.2) is 7.32 Å². The SMILES string of the molecule is Fc1ccc(F)c(OB(Oc2c(F)c(F)c(F)c3c2Cc2cccc(F)c2-3)Oc2c(F)c(F)c(F)c3c(F)c4c(F)c(F)c(F)c(F)c4c(F)c23)c1F. The van der Waals surface area contributed by atoms with Gasteiger partial charge in [0.1, 0.15) is 23.2 Å². The van der Waals surface area contributed by atoms with Crippen LogP contribution in [0.4, 0.5) is 70.2 Å². The smallest absolute Gasteiger partial charge is 0.486 e. The fourth-order valence-corrected chi connectivity index (χ4v) is 5.86. The molecule has 3 nitrogen and oxygen atoms in total. The van der Waals surface area contributed by atoms with Gasteiger partial charge in [-0.1, -0.05) is 12.1 Å². The first-order chi connectivity index (χ1) is 25.0. The van der Waals surface area contributed by atoms with Gasteiger partial charge in [0.05, 0.1) is 21.5 Å². The summed E-state index contributed by atoms with van der Waals surface area (Å²) in [7, 11) is -3.44. The van der Waals surface area contributed by atoms with Crippen molar-refractivity contribution in [2.75, 3.05) is 0 Å². The molecular weight excluding hydrogens is 759 g/mol. The summed E-state index contributed by atoms with van der Waals surface area (Å²) >= 11 is 0. The lowest BCUT2D eigenvalue weighted by atomic mass is 9.98. The Morgan fingerprint density at radius 2 is 0.830 bits per heavy atom. The van der Waals surface area contributed by atoms with Gasteiger partial charge in [-0.15, -0.1) is 0 Å². The molecule has 0 N–H and O–H groups in total. The van der Waals surface area contributed by atoms with E-state index < -0.39 is 162 Å². The quantitative estimate of drug-likeness (QED) is 0.0555. The summed E-state index contributed by atoms with van der Waals surface area (Å²) < 4.78 is 253. The molecule has 6 aromatic carbocycles. The van der Waals surface area contributed by atoms with Crippen molar-refractivity contribution in [1.29, 1.82) is 0 Å². The van der Waals surface area contributed by atoms with Crippen LogP contribution in [0.25, 0.3) is 32.7 Å². The second-order valence-electron chi connectivity index (χ2n) is 11.0. The Kier molecular flexibility index (Phi) is 8.33. The van der Waals surface area contributed by atoms with Gasteiger partial charge < -0.3 is 14.0 Å². The molecule has 7 rings (SSSR count). The van der Waals surface area contributed by atoms with Crippen molar-refractivity contribution in [1.82, 2.24) is 0 Å². The molecule has 1 aliphatic rings. The standard InChI is InChI=1S/C33H7BF16O3/c35-9-3-1-2-7-6-8-13(12(7)9)21(41)27(47)29(49)31(8)51-34(52-32-11(37)5-4-10(36)18(32)38)53-33-17-16(24(44)28(48)30(33)50)19(39)14-15(20(17)40)23(43)26(46)25(45)22(14)42/h1-5H,6H2. The molecule has 20 heteroatoms. The number of halogens is 16. The Hall–Kier alpha value is -5.82. The van der Waals surface area contributed by atoms with E-state index >= 15 is 26.3 Å². The lowest BCUT2D eigenvalue weighted by molar-refractivity contribution is 0.273. The Morgan fingerprint density at radius 3 is 1.45 bits per heavy atom. The minimum atomic E-state index is -3.44. The second-order valence-corrected chi connectivity index (χ2v) is 11.0. The minimum absolute atomic E-state index is 0.144. The summed E-state index contributed by atoms with van der Waals surface area (Å²) in [6.45, 7) is 0. The first-order valence-corrected chi connectivity index (χ1v) is 14.2. The van der Waals surface area contributed by atoms with Crippen LogP contribution in [0.1, 0.15) is 11.1 Å². The monoisotopic (exact) mass is 766 g/mol. The van der Waals surface area contributed by atoms with Crippen molar-refractivity contribution in [2.24, 2.45) is 0 Å². The lowest BCUT2D eigenvalue weighted by Crippen LogP contribution is -2.39. The highest BCUT2D eigenvalue weighted by Crippen LogP contribution is 2.48. The Balaban J connectivity index is 1.50. The summed E-state index contributed by atoms with van der Waals surface area (Å²) in [6.07, 6.45) is -0.720. The summed E-state index contributed by atoms with van der Waals surface area (Å²) in [5, 5.41) is -8.67. The Labute approximate surface area is 282 Å². The van der Waals surface area contributed by atoms with Gasteiger partial charge in [0, 0.05) is 23.1 Å². The topological polar surface area (TPSA) is 27.7 Å². The molecule has 0 saturated heterocycles. The van der Waals surface area contributed by atoms with Crippen LogP contribution in [-0.2, 0) is 6.42 Å². The van der Waals surface area contributed by atoms with Gasteiger partial charge in [0.2, 0.25) is 17.5 Å². The van der Waals surface area contributed by atoms with Crippen LogP contribution >= 0.6 is 0 Å². The van der Waals surface area contributed by atoms with Crippen molar-refractivity contribution >= 4 is 28.9 Å². The van der Waals surface area contributed by atoms with Gasteiger partial charge in [0.25, 0.3) is 0 Å². The van der Waals surface area contributed by atoms with Crippen molar-refractivity contribution in [3.63, 3.8) is 0 Å². The molecule has 0 unspecified atom stereocenters. The summed E-state index contributed by atoms with van der Waals surface area (Å²) in [6, 6.07) is 3.39. The highest BCUT2D eigenvalue weighted by molar-refractivity contribution is 6.40. The van der Waals surface area contributed by atoms with E-state index in [1.165, 1.54) is 0 Å². The first-order valence-electron chi connectivity index (χ1n) is 14.2. The fraction of sp³-hybridized carbons (Fsp3) is 0.0303. The average Bonchev–Trinajstić information content (AvgIpc) is 3.53. The zero-order valence-corrected chi connectivity index (χ0v) is 24.9. The van der Waals surface area contributed by atoms with Crippen LogP contribution in [0.2, 0.25) is 0 Å². The van der Waals surface area contributed by atoms with Crippen LogP contribution in [0.3, 0.4) is 0 Å². The van der Waals surface area contributed by atoms with E-state index in [2.05, 4.69) is 0 Å². The van der Waals surface area contributed by atoms with E-state index in [1.807, 2.05) is 0 Å². The maximum atomic E-state index is 15.9. The maximum absolute atomic E-state index is 15.9. The Bertz CT molecular complexity index is 2620. The third-order valence-electron chi connectivity index (χ3n) is 8.17. The zero-order chi connectivity index (χ0) is 38.5. The molecule has 0 saturated carbocycles. The van der Waals surface area contributed by atoms with Crippen LogP contribution < -0.4 is 14.0 Å². The maximum Gasteiger partial charge on any atom is 0.864 e.